The smallest absolute Gasteiger partial charge is 0.183 e. The minimum atomic E-state index is -1.23. The molecule has 1 heterocycles. The Bertz CT molecular complexity index is 1170. The summed E-state index contributed by atoms with van der Waals surface area (Å²) in [4.78, 5) is 0. The van der Waals surface area contributed by atoms with E-state index in [2.05, 4.69) is 6.92 Å². The molecule has 1 aliphatic rings. The summed E-state index contributed by atoms with van der Waals surface area (Å²) in [5.74, 6) is -5.03. The SMILES string of the molecule is CCCCCOCC1COC(c2ccc(-c3cc(F)c(-c4ccc(F)c(F)c4)c(F)c3)c(F)c2)OC1. The summed E-state index contributed by atoms with van der Waals surface area (Å²) in [6.45, 7) is 4.17. The van der Waals surface area contributed by atoms with Gasteiger partial charge < -0.3 is 14.2 Å². The zero-order valence-electron chi connectivity index (χ0n) is 19.8. The Morgan fingerprint density at radius 3 is 2.08 bits per heavy atom. The van der Waals surface area contributed by atoms with Crippen molar-refractivity contribution in [3.8, 4) is 22.3 Å². The second-order valence-corrected chi connectivity index (χ2v) is 8.83. The summed E-state index contributed by atoms with van der Waals surface area (Å²) >= 11 is 0. The molecule has 1 aliphatic heterocycles. The summed E-state index contributed by atoms with van der Waals surface area (Å²) in [6, 6.07) is 8.65. The highest BCUT2D eigenvalue weighted by Crippen LogP contribution is 2.34. The van der Waals surface area contributed by atoms with Gasteiger partial charge in [-0.25, -0.2) is 22.0 Å². The van der Waals surface area contributed by atoms with Crippen LogP contribution in [0.2, 0.25) is 0 Å². The molecule has 3 aromatic rings. The molecule has 0 atom stereocenters. The minimum Gasteiger partial charge on any atom is -0.381 e. The Balaban J connectivity index is 1.44. The third kappa shape index (κ3) is 6.11. The Hall–Kier alpha value is -2.81. The van der Waals surface area contributed by atoms with Gasteiger partial charge in [-0.15, -0.1) is 0 Å². The molecule has 1 saturated heterocycles. The number of unbranched alkanes of at least 4 members (excludes halogenated alkanes) is 2. The Kier molecular flexibility index (Phi) is 8.72. The number of halogens is 5. The molecule has 0 radical (unpaired) electrons. The summed E-state index contributed by atoms with van der Waals surface area (Å²) < 4.78 is 88.3. The van der Waals surface area contributed by atoms with Crippen LogP contribution in [-0.2, 0) is 14.2 Å². The maximum Gasteiger partial charge on any atom is 0.183 e. The van der Waals surface area contributed by atoms with Crippen molar-refractivity contribution in [3.05, 3.63) is 83.2 Å². The standard InChI is InChI=1S/C28H27F5O3/c1-2-3-4-9-34-14-17-15-35-28(36-16-17)19-5-7-21(23(30)11-19)20-12-25(32)27(26(33)13-20)18-6-8-22(29)24(31)10-18/h5-8,10-13,17,28H,2-4,9,14-16H2,1H3. The van der Waals surface area contributed by atoms with Gasteiger partial charge in [0.15, 0.2) is 17.9 Å². The molecule has 4 rings (SSSR count). The topological polar surface area (TPSA) is 27.7 Å². The fourth-order valence-electron chi connectivity index (χ4n) is 4.10. The minimum absolute atomic E-state index is 0.0254. The average molecular weight is 507 g/mol. The molecule has 0 bridgehead atoms. The molecule has 0 aromatic heterocycles. The highest BCUT2D eigenvalue weighted by molar-refractivity contribution is 5.72. The predicted molar refractivity (Wildman–Crippen MR) is 126 cm³/mol. The maximum atomic E-state index is 15.0. The van der Waals surface area contributed by atoms with E-state index >= 15 is 0 Å². The van der Waals surface area contributed by atoms with Gasteiger partial charge in [-0.2, -0.15) is 0 Å². The summed E-state index contributed by atoms with van der Waals surface area (Å²) in [7, 11) is 0. The van der Waals surface area contributed by atoms with Crippen LogP contribution < -0.4 is 0 Å². The molecule has 0 unspecified atom stereocenters. The molecule has 0 N–H and O–H groups in total. The Morgan fingerprint density at radius 2 is 1.44 bits per heavy atom. The van der Waals surface area contributed by atoms with Gasteiger partial charge in [0.2, 0.25) is 0 Å². The van der Waals surface area contributed by atoms with Crippen molar-refractivity contribution >= 4 is 0 Å². The first-order valence-corrected chi connectivity index (χ1v) is 11.9. The van der Waals surface area contributed by atoms with Crippen molar-refractivity contribution in [2.45, 2.75) is 32.5 Å². The summed E-state index contributed by atoms with van der Waals surface area (Å²) in [6.07, 6.45) is 2.51. The van der Waals surface area contributed by atoms with Gasteiger partial charge in [-0.05, 0) is 47.9 Å². The highest BCUT2D eigenvalue weighted by Gasteiger charge is 2.25. The van der Waals surface area contributed by atoms with E-state index in [1.807, 2.05) is 0 Å². The lowest BCUT2D eigenvalue weighted by atomic mass is 9.97. The van der Waals surface area contributed by atoms with Crippen molar-refractivity contribution in [1.29, 1.82) is 0 Å². The van der Waals surface area contributed by atoms with E-state index in [9.17, 15) is 22.0 Å². The van der Waals surface area contributed by atoms with E-state index in [1.54, 1.807) is 6.07 Å². The molecule has 0 amide bonds. The van der Waals surface area contributed by atoms with Crippen LogP contribution in [0.5, 0.6) is 0 Å². The first-order valence-electron chi connectivity index (χ1n) is 11.9. The largest absolute Gasteiger partial charge is 0.381 e. The fraction of sp³-hybridized carbons (Fsp3) is 0.357. The van der Waals surface area contributed by atoms with Crippen LogP contribution in [0.1, 0.15) is 38.0 Å². The monoisotopic (exact) mass is 506 g/mol. The van der Waals surface area contributed by atoms with Gasteiger partial charge in [0.1, 0.15) is 17.5 Å². The molecular weight excluding hydrogens is 479 g/mol. The van der Waals surface area contributed by atoms with Crippen LogP contribution >= 0.6 is 0 Å². The van der Waals surface area contributed by atoms with Crippen LogP contribution in [0.25, 0.3) is 22.3 Å². The van der Waals surface area contributed by atoms with E-state index in [0.717, 1.165) is 43.5 Å². The number of ether oxygens (including phenoxy) is 3. The van der Waals surface area contributed by atoms with E-state index < -0.39 is 40.9 Å². The number of benzene rings is 3. The molecule has 1 fully saturated rings. The fourth-order valence-corrected chi connectivity index (χ4v) is 4.10. The Morgan fingerprint density at radius 1 is 0.750 bits per heavy atom. The van der Waals surface area contributed by atoms with E-state index in [4.69, 9.17) is 14.2 Å². The Labute approximate surface area is 206 Å². The van der Waals surface area contributed by atoms with Gasteiger partial charge in [0, 0.05) is 23.7 Å². The normalized spacial score (nSPS) is 17.9. The van der Waals surface area contributed by atoms with Crippen molar-refractivity contribution in [3.63, 3.8) is 0 Å². The van der Waals surface area contributed by atoms with Gasteiger partial charge in [0.05, 0.1) is 25.4 Å². The summed E-state index contributed by atoms with van der Waals surface area (Å²) in [5, 5.41) is 0. The molecule has 0 aliphatic carbocycles. The maximum absolute atomic E-state index is 15.0. The van der Waals surface area contributed by atoms with Gasteiger partial charge in [-0.1, -0.05) is 38.0 Å². The van der Waals surface area contributed by atoms with Gasteiger partial charge in [0.25, 0.3) is 0 Å². The second kappa shape index (κ2) is 12.0. The molecule has 3 aromatic carbocycles. The van der Waals surface area contributed by atoms with Gasteiger partial charge >= 0.3 is 0 Å². The molecule has 3 nitrogen and oxygen atoms in total. The molecule has 0 spiro atoms. The lowest BCUT2D eigenvalue weighted by molar-refractivity contribution is -0.212. The quantitative estimate of drug-likeness (QED) is 0.221. The van der Waals surface area contributed by atoms with E-state index in [0.29, 0.717) is 38.1 Å². The molecule has 0 saturated carbocycles. The van der Waals surface area contributed by atoms with Crippen molar-refractivity contribution < 1.29 is 36.2 Å². The number of hydrogen-bond donors (Lipinski definition) is 0. The number of hydrogen-bond acceptors (Lipinski definition) is 3. The molecular formula is C28H27F5O3. The zero-order chi connectivity index (χ0) is 25.7. The lowest BCUT2D eigenvalue weighted by Gasteiger charge is -2.29. The average Bonchev–Trinajstić information content (AvgIpc) is 2.86. The van der Waals surface area contributed by atoms with Crippen LogP contribution in [0.4, 0.5) is 22.0 Å². The van der Waals surface area contributed by atoms with E-state index in [-0.39, 0.29) is 22.6 Å². The van der Waals surface area contributed by atoms with E-state index in [1.165, 1.54) is 12.1 Å². The third-order valence-electron chi connectivity index (χ3n) is 6.04. The zero-order valence-corrected chi connectivity index (χ0v) is 19.8. The molecule has 36 heavy (non-hydrogen) atoms. The highest BCUT2D eigenvalue weighted by atomic mass is 19.2. The van der Waals surface area contributed by atoms with Crippen LogP contribution in [0.15, 0.2) is 48.5 Å². The third-order valence-corrected chi connectivity index (χ3v) is 6.04. The van der Waals surface area contributed by atoms with Crippen LogP contribution in [0.3, 0.4) is 0 Å². The predicted octanol–water partition coefficient (Wildman–Crippen LogP) is 7.58. The molecule has 192 valence electrons. The van der Waals surface area contributed by atoms with Crippen molar-refractivity contribution in [2.24, 2.45) is 5.92 Å². The first kappa shape index (κ1) is 26.3. The second-order valence-electron chi connectivity index (χ2n) is 8.83. The lowest BCUT2D eigenvalue weighted by Crippen LogP contribution is -2.30. The summed E-state index contributed by atoms with van der Waals surface area (Å²) in [5.41, 5.74) is -0.309. The van der Waals surface area contributed by atoms with Gasteiger partial charge in [-0.3, -0.25) is 0 Å². The van der Waals surface area contributed by atoms with Crippen molar-refractivity contribution in [1.82, 2.24) is 0 Å². The number of rotatable bonds is 9. The van der Waals surface area contributed by atoms with Crippen LogP contribution in [-0.4, -0.2) is 26.4 Å². The first-order chi connectivity index (χ1) is 17.4. The molecule has 8 heteroatoms. The van der Waals surface area contributed by atoms with Crippen LogP contribution in [0, 0.1) is 35.0 Å². The van der Waals surface area contributed by atoms with Crippen molar-refractivity contribution in [2.75, 3.05) is 26.4 Å².